The molecule has 4 amide bonds. The summed E-state index contributed by atoms with van der Waals surface area (Å²) in [5.74, 6) is -1.96. The molecule has 318 valence electrons. The average Bonchev–Trinajstić information content (AvgIpc) is 3.34. The van der Waals surface area contributed by atoms with E-state index in [4.69, 9.17) is 17.0 Å². The van der Waals surface area contributed by atoms with Gasteiger partial charge in [0.1, 0.15) is 17.6 Å². The number of amides is 4. The van der Waals surface area contributed by atoms with E-state index in [1.807, 2.05) is 0 Å². The van der Waals surface area contributed by atoms with E-state index in [0.29, 0.717) is 43.5 Å². The lowest BCUT2D eigenvalue weighted by atomic mass is 9.89. The van der Waals surface area contributed by atoms with Crippen LogP contribution < -0.4 is 20.9 Å². The van der Waals surface area contributed by atoms with Gasteiger partial charge in [-0.15, -0.1) is 0 Å². The Bertz CT molecular complexity index is 2000. The molecule has 4 fully saturated rings. The third-order valence-corrected chi connectivity index (χ3v) is 11.6. The number of hydrogen-bond donors (Lipinski definition) is 3. The number of piperazine rings is 1. The average molecular weight is 851 g/mol. The number of rotatable bonds is 11. The summed E-state index contributed by atoms with van der Waals surface area (Å²) in [6.07, 6.45) is -6.93. The maximum atomic E-state index is 14.3. The van der Waals surface area contributed by atoms with Gasteiger partial charge in [-0.1, -0.05) is 6.07 Å². The maximum absolute atomic E-state index is 14.3. The van der Waals surface area contributed by atoms with Crippen LogP contribution in [0.5, 0.6) is 0 Å². The fraction of sp³-hybridized carbons (Fsp3) is 0.538. The van der Waals surface area contributed by atoms with Gasteiger partial charge in [0.2, 0.25) is 17.7 Å². The van der Waals surface area contributed by atoms with Crippen LogP contribution in [0.15, 0.2) is 42.5 Å². The molecule has 3 saturated heterocycles. The van der Waals surface area contributed by atoms with Crippen molar-refractivity contribution in [2.75, 3.05) is 54.9 Å². The number of nitriles is 1. The minimum atomic E-state index is -4.82. The molecule has 3 aliphatic heterocycles. The van der Waals surface area contributed by atoms with Crippen LogP contribution in [-0.4, -0.2) is 119 Å². The number of nitrogens with one attached hydrogen (secondary N) is 3. The van der Waals surface area contributed by atoms with Gasteiger partial charge < -0.3 is 20.3 Å². The van der Waals surface area contributed by atoms with Gasteiger partial charge in [-0.3, -0.25) is 39.2 Å². The number of hydrogen-bond acceptors (Lipinski definition) is 10. The van der Waals surface area contributed by atoms with Gasteiger partial charge in [0, 0.05) is 50.0 Å². The summed E-state index contributed by atoms with van der Waals surface area (Å²) in [5, 5.41) is 17.2. The van der Waals surface area contributed by atoms with E-state index in [1.54, 1.807) is 47.9 Å². The van der Waals surface area contributed by atoms with Crippen LogP contribution in [0.3, 0.4) is 0 Å². The lowest BCUT2D eigenvalue weighted by molar-refractivity contribution is -0.197. The highest BCUT2D eigenvalue weighted by Crippen LogP contribution is 2.41. The van der Waals surface area contributed by atoms with Crippen LogP contribution in [-0.2, 0) is 30.1 Å². The molecule has 2 aromatic rings. The predicted molar refractivity (Wildman–Crippen MR) is 207 cm³/mol. The summed E-state index contributed by atoms with van der Waals surface area (Å²) in [5.41, 5.74) is -2.16. The van der Waals surface area contributed by atoms with Crippen molar-refractivity contribution in [3.05, 3.63) is 53.6 Å². The molecule has 13 nitrogen and oxygen atoms in total. The lowest BCUT2D eigenvalue weighted by Crippen LogP contribution is -2.60. The van der Waals surface area contributed by atoms with Crippen LogP contribution in [0.4, 0.5) is 43.4 Å². The Balaban J connectivity index is 0.971. The number of nitrogens with zero attached hydrogens (tertiary/aromatic N) is 5. The quantitative estimate of drug-likeness (QED) is 0.159. The Labute approximate surface area is 342 Å². The molecule has 1 saturated carbocycles. The number of benzene rings is 2. The number of carbonyl (C=O) groups excluding carboxylic acids is 4. The number of anilines is 3. The van der Waals surface area contributed by atoms with Gasteiger partial charge >= 0.3 is 12.4 Å². The number of carbonyl (C=O) groups is 4. The van der Waals surface area contributed by atoms with Crippen LogP contribution >= 0.6 is 12.2 Å². The molecule has 3 heterocycles. The Morgan fingerprint density at radius 3 is 2.37 bits per heavy atom. The Hall–Kier alpha value is -4.84. The molecule has 4 aliphatic rings. The molecule has 0 aromatic heterocycles. The molecule has 20 heteroatoms. The topological polar surface area (TPSA) is 150 Å². The molecular formula is C39H44F6N8O5S. The molecule has 2 unspecified atom stereocenters. The second-order valence-electron chi connectivity index (χ2n) is 15.6. The first kappa shape index (κ1) is 43.7. The van der Waals surface area contributed by atoms with Gasteiger partial charge in [-0.05, 0) is 94.6 Å². The Morgan fingerprint density at radius 2 is 1.71 bits per heavy atom. The minimum absolute atomic E-state index is 0.0128. The van der Waals surface area contributed by atoms with Gasteiger partial charge in [-0.25, -0.2) is 0 Å². The van der Waals surface area contributed by atoms with Gasteiger partial charge in [0.05, 0.1) is 42.1 Å². The lowest BCUT2D eigenvalue weighted by Gasteiger charge is -2.42. The monoisotopic (exact) mass is 850 g/mol. The van der Waals surface area contributed by atoms with E-state index in [2.05, 4.69) is 16.0 Å². The van der Waals surface area contributed by atoms with Gasteiger partial charge in [0.25, 0.3) is 5.91 Å². The van der Waals surface area contributed by atoms with Crippen LogP contribution in [0.1, 0.15) is 63.5 Å². The molecular weight excluding hydrogens is 807 g/mol. The van der Waals surface area contributed by atoms with Crippen LogP contribution in [0.2, 0.25) is 0 Å². The second kappa shape index (κ2) is 17.4. The fourth-order valence-electron chi connectivity index (χ4n) is 8.16. The number of halogens is 6. The summed E-state index contributed by atoms with van der Waals surface area (Å²) in [6, 6.07) is 8.24. The maximum Gasteiger partial charge on any atom is 0.417 e. The summed E-state index contributed by atoms with van der Waals surface area (Å²) in [4.78, 5) is 55.7. The molecule has 59 heavy (non-hydrogen) atoms. The van der Waals surface area contributed by atoms with Gasteiger partial charge in [-0.2, -0.15) is 31.6 Å². The predicted octanol–water partition coefficient (Wildman–Crippen LogP) is 5.02. The molecule has 0 radical (unpaired) electrons. The SMILES string of the molecule is CC1(C)C(=O)N(c2ccc(C#N)c(C(F)(F)F)c2)C(=S)N1C1CCC(OCCN2CCN(CC(=O)Nc3cccc(NC4CCC(=O)NC4=O)c3)C(C(F)(F)F)C2)CC1. The van der Waals surface area contributed by atoms with E-state index < -0.39 is 65.4 Å². The Kier molecular flexibility index (Phi) is 12.9. The first-order valence-electron chi connectivity index (χ1n) is 19.2. The number of ether oxygens (including phenoxy) is 1. The molecule has 2 aromatic carbocycles. The smallest absolute Gasteiger partial charge is 0.377 e. The highest BCUT2D eigenvalue weighted by atomic mass is 32.1. The third kappa shape index (κ3) is 9.97. The summed E-state index contributed by atoms with van der Waals surface area (Å²) >= 11 is 5.67. The molecule has 0 spiro atoms. The van der Waals surface area contributed by atoms with Crippen LogP contribution in [0, 0.1) is 11.3 Å². The molecule has 2 atom stereocenters. The van der Waals surface area contributed by atoms with E-state index in [0.717, 1.165) is 21.9 Å². The van der Waals surface area contributed by atoms with E-state index in [-0.39, 0.29) is 68.1 Å². The number of alkyl halides is 6. The van der Waals surface area contributed by atoms with Crippen molar-refractivity contribution in [1.82, 2.24) is 20.0 Å². The number of thiocarbonyl (C=S) groups is 1. The van der Waals surface area contributed by atoms with Crippen molar-refractivity contribution in [2.24, 2.45) is 0 Å². The zero-order valence-corrected chi connectivity index (χ0v) is 33.1. The largest absolute Gasteiger partial charge is 0.417 e. The van der Waals surface area contributed by atoms with Crippen molar-refractivity contribution < 1.29 is 50.3 Å². The fourth-order valence-corrected chi connectivity index (χ4v) is 8.72. The van der Waals surface area contributed by atoms with E-state index >= 15 is 0 Å². The molecule has 3 N–H and O–H groups in total. The molecule has 0 bridgehead atoms. The normalized spacial score (nSPS) is 24.5. The molecule has 1 aliphatic carbocycles. The third-order valence-electron chi connectivity index (χ3n) is 11.2. The standard InChI is InChI=1S/C39H44F6N8O5S/c1-37(2)35(57)52(27-7-6-23(20-46)29(19-27)38(40,41)42)36(59)53(37)26-8-10-28(11-9-26)58-17-16-50-14-15-51(31(21-50)39(43,44)45)22-33(55)48-25-5-3-4-24(18-25)47-30-12-13-32(54)49-34(30)56/h3-7,18-19,26,28,30-31,47H,8-17,21-22H2,1-2H3,(H,48,55)(H,49,54,56). The van der Waals surface area contributed by atoms with Crippen molar-refractivity contribution in [1.29, 1.82) is 5.26 Å². The van der Waals surface area contributed by atoms with Gasteiger partial charge in [0.15, 0.2) is 5.11 Å². The number of imide groups is 1. The first-order chi connectivity index (χ1) is 27.8. The summed E-state index contributed by atoms with van der Waals surface area (Å²) in [7, 11) is 0. The number of piperidine rings is 1. The minimum Gasteiger partial charge on any atom is -0.377 e. The van der Waals surface area contributed by atoms with Crippen molar-refractivity contribution >= 4 is 58.0 Å². The second-order valence-corrected chi connectivity index (χ2v) is 16.0. The first-order valence-corrected chi connectivity index (χ1v) is 19.6. The van der Waals surface area contributed by atoms with Crippen molar-refractivity contribution in [2.45, 2.75) is 94.5 Å². The zero-order valence-electron chi connectivity index (χ0n) is 32.3. The van der Waals surface area contributed by atoms with Crippen molar-refractivity contribution in [3.8, 4) is 6.07 Å². The zero-order chi connectivity index (χ0) is 42.9. The van der Waals surface area contributed by atoms with Crippen LogP contribution in [0.25, 0.3) is 0 Å². The highest BCUT2D eigenvalue weighted by molar-refractivity contribution is 7.80. The Morgan fingerprint density at radius 1 is 1.00 bits per heavy atom. The summed E-state index contributed by atoms with van der Waals surface area (Å²) < 4.78 is 90.1. The van der Waals surface area contributed by atoms with Crippen molar-refractivity contribution in [3.63, 3.8) is 0 Å². The van der Waals surface area contributed by atoms with E-state index in [9.17, 15) is 50.8 Å². The summed E-state index contributed by atoms with van der Waals surface area (Å²) in [6.45, 7) is 3.13. The van der Waals surface area contributed by atoms with E-state index in [1.165, 1.54) is 12.1 Å². The molecule has 6 rings (SSSR count). The highest BCUT2D eigenvalue weighted by Gasteiger charge is 2.53.